The fourth-order valence-corrected chi connectivity index (χ4v) is 2.54. The summed E-state index contributed by atoms with van der Waals surface area (Å²) in [5.74, 6) is 1.44. The Hall–Kier alpha value is -1.16. The lowest BCUT2D eigenvalue weighted by molar-refractivity contribution is 0.381. The van der Waals surface area contributed by atoms with E-state index in [1.54, 1.807) is 6.07 Å². The zero-order valence-corrected chi connectivity index (χ0v) is 10.6. The molecule has 0 atom stereocenters. The van der Waals surface area contributed by atoms with Gasteiger partial charge in [0.2, 0.25) is 0 Å². The van der Waals surface area contributed by atoms with Crippen molar-refractivity contribution in [3.63, 3.8) is 0 Å². The van der Waals surface area contributed by atoms with Crippen molar-refractivity contribution in [2.75, 3.05) is 24.5 Å². The highest BCUT2D eigenvalue weighted by Gasteiger charge is 2.24. The molecule has 3 rings (SSSR count). The number of aromatic nitrogens is 1. The summed E-state index contributed by atoms with van der Waals surface area (Å²) in [6, 6.07) is 4.07. The molecule has 4 heteroatoms. The molecule has 0 aromatic carbocycles. The van der Waals surface area contributed by atoms with E-state index >= 15 is 0 Å². The minimum atomic E-state index is -0.262. The van der Waals surface area contributed by atoms with E-state index in [2.05, 4.69) is 15.2 Å². The molecule has 3 nitrogen and oxygen atoms in total. The van der Waals surface area contributed by atoms with Gasteiger partial charge < -0.3 is 10.2 Å². The number of nitrogens with zero attached hydrogens (tertiary/aromatic N) is 2. The van der Waals surface area contributed by atoms with E-state index in [-0.39, 0.29) is 5.82 Å². The molecule has 0 spiro atoms. The van der Waals surface area contributed by atoms with Gasteiger partial charge in [0.15, 0.2) is 0 Å². The van der Waals surface area contributed by atoms with Crippen molar-refractivity contribution in [1.82, 2.24) is 10.3 Å². The Morgan fingerprint density at radius 3 is 2.61 bits per heavy atom. The lowest BCUT2D eigenvalue weighted by Crippen LogP contribution is -2.38. The first-order chi connectivity index (χ1) is 8.81. The minimum absolute atomic E-state index is 0.262. The zero-order chi connectivity index (χ0) is 12.4. The van der Waals surface area contributed by atoms with Crippen molar-refractivity contribution >= 4 is 5.82 Å². The molecule has 0 unspecified atom stereocenters. The average Bonchev–Trinajstić information content (AvgIpc) is 3.22. The highest BCUT2D eigenvalue weighted by atomic mass is 19.1. The first-order valence-corrected chi connectivity index (χ1v) is 6.91. The summed E-state index contributed by atoms with van der Waals surface area (Å²) in [5.41, 5.74) is 0. The average molecular weight is 249 g/mol. The minimum Gasteiger partial charge on any atom is -0.357 e. The Bertz CT molecular complexity index is 381. The quantitative estimate of drug-likeness (QED) is 0.886. The zero-order valence-electron chi connectivity index (χ0n) is 10.6. The Kier molecular flexibility index (Phi) is 3.46. The van der Waals surface area contributed by atoms with Crippen LogP contribution in [0.4, 0.5) is 10.2 Å². The second-order valence-corrected chi connectivity index (χ2v) is 5.45. The van der Waals surface area contributed by atoms with E-state index in [1.165, 1.54) is 37.9 Å². The van der Waals surface area contributed by atoms with Gasteiger partial charge in [-0.1, -0.05) is 0 Å². The van der Waals surface area contributed by atoms with Crippen LogP contribution in [0.1, 0.15) is 25.7 Å². The lowest BCUT2D eigenvalue weighted by Gasteiger charge is -2.32. The summed E-state index contributed by atoms with van der Waals surface area (Å²) < 4.78 is 12.8. The van der Waals surface area contributed by atoms with Gasteiger partial charge in [-0.15, -0.1) is 0 Å². The topological polar surface area (TPSA) is 28.2 Å². The number of piperidine rings is 1. The van der Waals surface area contributed by atoms with Gasteiger partial charge in [0.05, 0.1) is 6.20 Å². The standard InChI is InChI=1S/C14H20FN3/c15-12-1-4-14(17-10-12)18-7-5-11(6-8-18)9-16-13-2-3-13/h1,4,10-11,13,16H,2-3,5-9H2. The van der Waals surface area contributed by atoms with E-state index in [9.17, 15) is 4.39 Å². The first-order valence-electron chi connectivity index (χ1n) is 6.91. The second kappa shape index (κ2) is 5.22. The molecular weight excluding hydrogens is 229 g/mol. The number of hydrogen-bond acceptors (Lipinski definition) is 3. The number of rotatable bonds is 4. The van der Waals surface area contributed by atoms with Crippen LogP contribution in [0.15, 0.2) is 18.3 Å². The smallest absolute Gasteiger partial charge is 0.141 e. The van der Waals surface area contributed by atoms with Crippen LogP contribution in [0.25, 0.3) is 0 Å². The van der Waals surface area contributed by atoms with Crippen LogP contribution in [0.2, 0.25) is 0 Å². The molecule has 1 saturated heterocycles. The van der Waals surface area contributed by atoms with Crippen LogP contribution < -0.4 is 10.2 Å². The molecular formula is C14H20FN3. The van der Waals surface area contributed by atoms with E-state index in [1.807, 2.05) is 0 Å². The van der Waals surface area contributed by atoms with Crippen molar-refractivity contribution in [3.05, 3.63) is 24.1 Å². The van der Waals surface area contributed by atoms with Gasteiger partial charge >= 0.3 is 0 Å². The lowest BCUT2D eigenvalue weighted by atomic mass is 9.97. The normalized spacial score (nSPS) is 21.3. The van der Waals surface area contributed by atoms with Crippen LogP contribution in [-0.4, -0.2) is 30.7 Å². The highest BCUT2D eigenvalue weighted by molar-refractivity contribution is 5.38. The predicted molar refractivity (Wildman–Crippen MR) is 70.2 cm³/mol. The summed E-state index contributed by atoms with van der Waals surface area (Å²) >= 11 is 0. The molecule has 1 aliphatic carbocycles. The van der Waals surface area contributed by atoms with E-state index in [0.717, 1.165) is 37.4 Å². The third kappa shape index (κ3) is 2.99. The van der Waals surface area contributed by atoms with Crippen LogP contribution in [0, 0.1) is 11.7 Å². The molecule has 0 bridgehead atoms. The molecule has 18 heavy (non-hydrogen) atoms. The Morgan fingerprint density at radius 2 is 2.00 bits per heavy atom. The van der Waals surface area contributed by atoms with Crippen molar-refractivity contribution in [2.45, 2.75) is 31.7 Å². The fourth-order valence-electron chi connectivity index (χ4n) is 2.54. The molecule has 2 fully saturated rings. The van der Waals surface area contributed by atoms with Crippen molar-refractivity contribution in [1.29, 1.82) is 0 Å². The second-order valence-electron chi connectivity index (χ2n) is 5.45. The van der Waals surface area contributed by atoms with Gasteiger partial charge in [0.1, 0.15) is 11.6 Å². The van der Waals surface area contributed by atoms with E-state index in [4.69, 9.17) is 0 Å². The summed E-state index contributed by atoms with van der Waals surface area (Å²) in [6.45, 7) is 3.24. The van der Waals surface area contributed by atoms with Gasteiger partial charge in [-0.2, -0.15) is 0 Å². The molecule has 2 aliphatic rings. The maximum Gasteiger partial charge on any atom is 0.141 e. The largest absolute Gasteiger partial charge is 0.357 e. The van der Waals surface area contributed by atoms with Crippen LogP contribution in [0.3, 0.4) is 0 Å². The van der Waals surface area contributed by atoms with Gasteiger partial charge in [0.25, 0.3) is 0 Å². The maximum absolute atomic E-state index is 12.8. The SMILES string of the molecule is Fc1ccc(N2CCC(CNC3CC3)CC2)nc1. The number of halogens is 1. The fraction of sp³-hybridized carbons (Fsp3) is 0.643. The molecule has 1 aromatic heterocycles. The Morgan fingerprint density at radius 1 is 1.22 bits per heavy atom. The number of anilines is 1. The van der Waals surface area contributed by atoms with Gasteiger partial charge in [-0.05, 0) is 50.3 Å². The molecule has 1 aliphatic heterocycles. The van der Waals surface area contributed by atoms with Crippen LogP contribution in [0.5, 0.6) is 0 Å². The maximum atomic E-state index is 12.8. The number of hydrogen-bond donors (Lipinski definition) is 1. The van der Waals surface area contributed by atoms with Crippen LogP contribution in [-0.2, 0) is 0 Å². The van der Waals surface area contributed by atoms with E-state index in [0.29, 0.717) is 0 Å². The molecule has 0 radical (unpaired) electrons. The molecule has 1 aromatic rings. The number of nitrogens with one attached hydrogen (secondary N) is 1. The molecule has 0 amide bonds. The summed E-state index contributed by atoms with van der Waals surface area (Å²) in [6.07, 6.45) is 6.43. The van der Waals surface area contributed by atoms with Crippen LogP contribution >= 0.6 is 0 Å². The Balaban J connectivity index is 1.48. The van der Waals surface area contributed by atoms with Crippen molar-refractivity contribution < 1.29 is 4.39 Å². The summed E-state index contributed by atoms with van der Waals surface area (Å²) in [4.78, 5) is 6.40. The third-order valence-corrected chi connectivity index (χ3v) is 3.92. The summed E-state index contributed by atoms with van der Waals surface area (Å²) in [5, 5.41) is 3.60. The van der Waals surface area contributed by atoms with Crippen molar-refractivity contribution in [2.24, 2.45) is 5.92 Å². The summed E-state index contributed by atoms with van der Waals surface area (Å²) in [7, 11) is 0. The molecule has 2 heterocycles. The monoisotopic (exact) mass is 249 g/mol. The molecule has 98 valence electrons. The molecule has 1 N–H and O–H groups in total. The van der Waals surface area contributed by atoms with Gasteiger partial charge in [-0.3, -0.25) is 0 Å². The highest BCUT2D eigenvalue weighted by Crippen LogP contribution is 2.23. The Labute approximate surface area is 107 Å². The van der Waals surface area contributed by atoms with Gasteiger partial charge in [-0.25, -0.2) is 9.37 Å². The van der Waals surface area contributed by atoms with E-state index < -0.39 is 0 Å². The first kappa shape index (κ1) is 11.9. The predicted octanol–water partition coefficient (Wildman–Crippen LogP) is 2.19. The van der Waals surface area contributed by atoms with Crippen molar-refractivity contribution in [3.8, 4) is 0 Å². The van der Waals surface area contributed by atoms with Gasteiger partial charge in [0, 0.05) is 19.1 Å². The third-order valence-electron chi connectivity index (χ3n) is 3.92. The number of pyridine rings is 1. The molecule has 1 saturated carbocycles.